The number of aromatic amines is 1. The van der Waals surface area contributed by atoms with Crippen LogP contribution in [-0.2, 0) is 12.0 Å². The monoisotopic (exact) mass is 403 g/mol. The van der Waals surface area contributed by atoms with Crippen molar-refractivity contribution in [2.24, 2.45) is 0 Å². The highest BCUT2D eigenvalue weighted by molar-refractivity contribution is 6.30. The number of benzene rings is 2. The lowest BCUT2D eigenvalue weighted by atomic mass is 9.77. The zero-order valence-electron chi connectivity index (χ0n) is 15.7. The number of nitriles is 1. The summed E-state index contributed by atoms with van der Waals surface area (Å²) in [5, 5.41) is 29.1. The number of hydrogen-bond donors (Lipinski definition) is 2. The lowest BCUT2D eigenvalue weighted by Crippen LogP contribution is -2.35. The summed E-state index contributed by atoms with van der Waals surface area (Å²) in [6.07, 6.45) is 1.66. The number of aliphatic hydroxyl groups is 1. The largest absolute Gasteiger partial charge is 0.384 e. The summed E-state index contributed by atoms with van der Waals surface area (Å²) in [6, 6.07) is 18.4. The Balaban J connectivity index is 1.78. The lowest BCUT2D eigenvalue weighted by molar-refractivity contribution is 0.00969. The van der Waals surface area contributed by atoms with Crippen molar-refractivity contribution in [2.45, 2.75) is 24.9 Å². The second-order valence-corrected chi connectivity index (χ2v) is 7.45. The summed E-state index contributed by atoms with van der Waals surface area (Å²) in [4.78, 5) is 8.93. The predicted molar refractivity (Wildman–Crippen MR) is 110 cm³/mol. The van der Waals surface area contributed by atoms with Crippen molar-refractivity contribution in [3.8, 4) is 6.07 Å². The van der Waals surface area contributed by atoms with Crippen LogP contribution in [0.2, 0.25) is 5.02 Å². The third-order valence-corrected chi connectivity index (χ3v) is 5.50. The SMILES string of the molecule is CC(c1ccc2cc(C#N)ccc2n1)C(O)(Cc1ncn[nH]1)c1ccc(Cl)cc1. The van der Waals surface area contributed by atoms with Crippen molar-refractivity contribution in [1.82, 2.24) is 20.2 Å². The number of fused-ring (bicyclic) bond motifs is 1. The molecule has 2 N–H and O–H groups in total. The van der Waals surface area contributed by atoms with E-state index in [1.54, 1.807) is 24.3 Å². The molecule has 2 heterocycles. The van der Waals surface area contributed by atoms with Crippen molar-refractivity contribution in [2.75, 3.05) is 0 Å². The molecule has 144 valence electrons. The van der Waals surface area contributed by atoms with E-state index in [1.807, 2.05) is 37.3 Å². The fourth-order valence-electron chi connectivity index (χ4n) is 3.51. The molecule has 7 heteroatoms. The predicted octanol–water partition coefficient (Wildman–Crippen LogP) is 4.11. The lowest BCUT2D eigenvalue weighted by Gasteiger charge is -2.34. The molecule has 0 aliphatic heterocycles. The zero-order valence-corrected chi connectivity index (χ0v) is 16.4. The van der Waals surface area contributed by atoms with Crippen LogP contribution < -0.4 is 0 Å². The van der Waals surface area contributed by atoms with Crippen LogP contribution in [0.1, 0.15) is 35.5 Å². The average Bonchev–Trinajstić information content (AvgIpc) is 3.25. The van der Waals surface area contributed by atoms with Crippen LogP contribution in [0, 0.1) is 11.3 Å². The Kier molecular flexibility index (Phi) is 5.01. The van der Waals surface area contributed by atoms with E-state index >= 15 is 0 Å². The maximum absolute atomic E-state index is 11.8. The minimum absolute atomic E-state index is 0.239. The van der Waals surface area contributed by atoms with Crippen molar-refractivity contribution >= 4 is 22.5 Å². The molecule has 2 atom stereocenters. The van der Waals surface area contributed by atoms with E-state index in [9.17, 15) is 5.11 Å². The van der Waals surface area contributed by atoms with E-state index in [0.717, 1.165) is 16.6 Å². The van der Waals surface area contributed by atoms with Gasteiger partial charge in [0.25, 0.3) is 0 Å². The van der Waals surface area contributed by atoms with E-state index in [2.05, 4.69) is 21.3 Å². The maximum atomic E-state index is 11.8. The Bertz CT molecular complexity index is 1180. The molecule has 0 aliphatic carbocycles. The number of rotatable bonds is 5. The Morgan fingerprint density at radius 1 is 1.17 bits per heavy atom. The quantitative estimate of drug-likeness (QED) is 0.522. The van der Waals surface area contributed by atoms with E-state index in [-0.39, 0.29) is 12.3 Å². The molecule has 29 heavy (non-hydrogen) atoms. The minimum atomic E-state index is -1.28. The van der Waals surface area contributed by atoms with Gasteiger partial charge in [0.15, 0.2) is 0 Å². The van der Waals surface area contributed by atoms with Crippen LogP contribution in [0.3, 0.4) is 0 Å². The molecule has 2 aromatic heterocycles. The molecule has 0 amide bonds. The molecule has 0 radical (unpaired) electrons. The smallest absolute Gasteiger partial charge is 0.137 e. The fourth-order valence-corrected chi connectivity index (χ4v) is 3.64. The van der Waals surface area contributed by atoms with Gasteiger partial charge in [-0.25, -0.2) is 4.98 Å². The second-order valence-electron chi connectivity index (χ2n) is 7.02. The number of nitrogens with one attached hydrogen (secondary N) is 1. The average molecular weight is 404 g/mol. The summed E-state index contributed by atoms with van der Waals surface area (Å²) in [6.45, 7) is 1.93. The number of halogens is 1. The molecule has 0 aliphatic rings. The van der Waals surface area contributed by atoms with Gasteiger partial charge >= 0.3 is 0 Å². The zero-order chi connectivity index (χ0) is 20.4. The van der Waals surface area contributed by atoms with Crippen LogP contribution in [0.4, 0.5) is 0 Å². The van der Waals surface area contributed by atoms with Gasteiger partial charge in [0.2, 0.25) is 0 Å². The summed E-state index contributed by atoms with van der Waals surface area (Å²) in [5.74, 6) is 0.225. The van der Waals surface area contributed by atoms with E-state index in [1.165, 1.54) is 6.33 Å². The fraction of sp³-hybridized carbons (Fsp3) is 0.182. The number of hydrogen-bond acceptors (Lipinski definition) is 5. The first-order chi connectivity index (χ1) is 14.0. The van der Waals surface area contributed by atoms with Crippen LogP contribution in [0.5, 0.6) is 0 Å². The van der Waals surface area contributed by atoms with Crippen LogP contribution in [0.15, 0.2) is 60.9 Å². The van der Waals surface area contributed by atoms with Gasteiger partial charge in [0.05, 0.1) is 17.1 Å². The van der Waals surface area contributed by atoms with Gasteiger partial charge in [-0.15, -0.1) is 0 Å². The number of nitrogens with zero attached hydrogens (tertiary/aromatic N) is 4. The molecule has 0 saturated heterocycles. The van der Waals surface area contributed by atoms with Gasteiger partial charge in [0.1, 0.15) is 17.8 Å². The first kappa shape index (κ1) is 19.1. The van der Waals surface area contributed by atoms with Crippen molar-refractivity contribution in [3.63, 3.8) is 0 Å². The van der Waals surface area contributed by atoms with Crippen molar-refractivity contribution in [3.05, 3.63) is 88.6 Å². The van der Waals surface area contributed by atoms with Crippen LogP contribution in [0.25, 0.3) is 10.9 Å². The standard InChI is InChI=1S/C22H18ClN5O/c1-14(19-9-3-16-10-15(12-24)2-8-20(16)27-19)22(29,11-21-25-13-26-28-21)17-4-6-18(23)7-5-17/h2-10,13-14,29H,11H2,1H3,(H,25,26,28). The molecule has 6 nitrogen and oxygen atoms in total. The Morgan fingerprint density at radius 2 is 1.97 bits per heavy atom. The Morgan fingerprint density at radius 3 is 2.66 bits per heavy atom. The summed E-state index contributed by atoms with van der Waals surface area (Å²) in [5.41, 5.74) is 1.53. The molecule has 2 unspecified atom stereocenters. The molecule has 0 fully saturated rings. The normalized spacial score (nSPS) is 14.3. The van der Waals surface area contributed by atoms with Gasteiger partial charge in [-0.3, -0.25) is 10.1 Å². The van der Waals surface area contributed by atoms with E-state index in [4.69, 9.17) is 21.8 Å². The molecule has 0 bridgehead atoms. The van der Waals surface area contributed by atoms with Gasteiger partial charge < -0.3 is 5.11 Å². The van der Waals surface area contributed by atoms with Gasteiger partial charge in [-0.1, -0.05) is 36.7 Å². The van der Waals surface area contributed by atoms with Gasteiger partial charge in [0, 0.05) is 28.4 Å². The highest BCUT2D eigenvalue weighted by Gasteiger charge is 2.38. The van der Waals surface area contributed by atoms with Gasteiger partial charge in [-0.05, 0) is 42.0 Å². The molecular weight excluding hydrogens is 386 g/mol. The van der Waals surface area contributed by atoms with Crippen LogP contribution >= 0.6 is 11.6 Å². The Labute approximate surface area is 172 Å². The number of H-pyrrole nitrogens is 1. The molecule has 2 aromatic carbocycles. The highest BCUT2D eigenvalue weighted by Crippen LogP contribution is 2.39. The maximum Gasteiger partial charge on any atom is 0.137 e. The molecular formula is C22H18ClN5O. The topological polar surface area (TPSA) is 98.5 Å². The first-order valence-corrected chi connectivity index (χ1v) is 9.51. The third-order valence-electron chi connectivity index (χ3n) is 5.25. The second kappa shape index (κ2) is 7.63. The molecule has 4 rings (SSSR count). The number of aromatic nitrogens is 4. The first-order valence-electron chi connectivity index (χ1n) is 9.13. The highest BCUT2D eigenvalue weighted by atomic mass is 35.5. The van der Waals surface area contributed by atoms with Gasteiger partial charge in [-0.2, -0.15) is 10.4 Å². The van der Waals surface area contributed by atoms with E-state index in [0.29, 0.717) is 22.0 Å². The molecule has 0 saturated carbocycles. The summed E-state index contributed by atoms with van der Waals surface area (Å²) < 4.78 is 0. The summed E-state index contributed by atoms with van der Waals surface area (Å²) >= 11 is 6.05. The van der Waals surface area contributed by atoms with E-state index < -0.39 is 5.60 Å². The molecule has 0 spiro atoms. The minimum Gasteiger partial charge on any atom is -0.384 e. The Hall–Kier alpha value is -3.27. The van der Waals surface area contributed by atoms with Crippen molar-refractivity contribution in [1.29, 1.82) is 5.26 Å². The van der Waals surface area contributed by atoms with Crippen molar-refractivity contribution < 1.29 is 5.11 Å². The molecule has 4 aromatic rings. The van der Waals surface area contributed by atoms with Crippen LogP contribution in [-0.4, -0.2) is 25.3 Å². The third kappa shape index (κ3) is 3.70. The number of pyridine rings is 1. The summed E-state index contributed by atoms with van der Waals surface area (Å²) in [7, 11) is 0.